The molecule has 4 aromatic rings. The molecule has 3 heterocycles. The van der Waals surface area contributed by atoms with Crippen LogP contribution in [0.2, 0.25) is 5.02 Å². The summed E-state index contributed by atoms with van der Waals surface area (Å²) in [7, 11) is 0. The van der Waals surface area contributed by atoms with E-state index < -0.39 is 11.6 Å². The van der Waals surface area contributed by atoms with Crippen LogP contribution in [-0.4, -0.2) is 33.2 Å². The van der Waals surface area contributed by atoms with Crippen molar-refractivity contribution in [3.05, 3.63) is 70.0 Å². The number of aromatic nitrogens is 2. The molecule has 1 N–H and O–H groups in total. The summed E-state index contributed by atoms with van der Waals surface area (Å²) in [6, 6.07) is 11.6. The lowest BCUT2D eigenvalue weighted by Crippen LogP contribution is -2.30. The third-order valence-corrected chi connectivity index (χ3v) is 7.59. The van der Waals surface area contributed by atoms with Crippen molar-refractivity contribution in [2.75, 3.05) is 11.4 Å². The summed E-state index contributed by atoms with van der Waals surface area (Å²) in [4.78, 5) is 23.7. The number of ether oxygens (including phenoxy) is 1. The molecule has 2 aromatic carbocycles. The van der Waals surface area contributed by atoms with Gasteiger partial charge in [0.1, 0.15) is 11.4 Å². The number of hydrogen-bond acceptors (Lipinski definition) is 6. The van der Waals surface area contributed by atoms with Crippen LogP contribution in [0.25, 0.3) is 21.3 Å². The highest BCUT2D eigenvalue weighted by atomic mass is 35.5. The van der Waals surface area contributed by atoms with Crippen molar-refractivity contribution in [1.29, 1.82) is 0 Å². The summed E-state index contributed by atoms with van der Waals surface area (Å²) < 4.78 is 7.26. The molecule has 36 heavy (non-hydrogen) atoms. The maximum Gasteiger partial charge on any atom is 0.307 e. The third kappa shape index (κ3) is 4.90. The van der Waals surface area contributed by atoms with E-state index in [1.54, 1.807) is 17.4 Å². The molecule has 0 atom stereocenters. The number of aliphatic carboxylic acids is 1. The van der Waals surface area contributed by atoms with Gasteiger partial charge in [-0.15, -0.1) is 0 Å². The Morgan fingerprint density at radius 3 is 2.81 bits per heavy atom. The lowest BCUT2D eigenvalue weighted by molar-refractivity contribution is -0.136. The predicted octanol–water partition coefficient (Wildman–Crippen LogP) is 6.69. The standard InChI is InChI=1S/C28H28ClN3O3S/c1-16-12-21-26(36-27(31-21)32-11-9-17-6-5-10-30-22(17)15-32)25(20(16)14-24(33)34)19-8-7-18(29)13-23(19)35-28(2,3)4/h5-8,10,12-13H,9,11,14-15H2,1-4H3,(H,33,34). The first-order valence-electron chi connectivity index (χ1n) is 11.9. The van der Waals surface area contributed by atoms with Gasteiger partial charge in [-0.3, -0.25) is 9.78 Å². The zero-order valence-corrected chi connectivity index (χ0v) is 22.3. The molecule has 0 fully saturated rings. The molecular weight excluding hydrogens is 494 g/mol. The van der Waals surface area contributed by atoms with Crippen LogP contribution >= 0.6 is 22.9 Å². The Kier molecular flexibility index (Phi) is 6.39. The Labute approximate surface area is 219 Å². The molecule has 0 unspecified atom stereocenters. The van der Waals surface area contributed by atoms with Crippen LogP contribution in [0, 0.1) is 6.92 Å². The normalized spacial score (nSPS) is 13.6. The Bertz CT molecular complexity index is 1480. The first kappa shape index (κ1) is 24.5. The van der Waals surface area contributed by atoms with E-state index in [2.05, 4.69) is 16.0 Å². The van der Waals surface area contributed by atoms with Gasteiger partial charge in [0.15, 0.2) is 5.13 Å². The van der Waals surface area contributed by atoms with Gasteiger partial charge in [0, 0.05) is 28.9 Å². The summed E-state index contributed by atoms with van der Waals surface area (Å²) in [5.41, 5.74) is 6.06. The lowest BCUT2D eigenvalue weighted by atomic mass is 9.92. The van der Waals surface area contributed by atoms with Crippen LogP contribution in [0.4, 0.5) is 5.13 Å². The number of thiazole rings is 1. The van der Waals surface area contributed by atoms with Crippen LogP contribution in [-0.2, 0) is 24.2 Å². The number of halogens is 1. The van der Waals surface area contributed by atoms with Crippen LogP contribution in [0.3, 0.4) is 0 Å². The maximum atomic E-state index is 11.9. The van der Waals surface area contributed by atoms with Crippen LogP contribution in [0.5, 0.6) is 5.75 Å². The molecule has 1 aliphatic heterocycles. The number of anilines is 1. The van der Waals surface area contributed by atoms with Crippen LogP contribution in [0.1, 0.15) is 43.2 Å². The Morgan fingerprint density at radius 1 is 1.25 bits per heavy atom. The van der Waals surface area contributed by atoms with E-state index in [9.17, 15) is 9.90 Å². The number of carbonyl (C=O) groups is 1. The molecule has 0 amide bonds. The number of carboxylic acids is 1. The fourth-order valence-electron chi connectivity index (χ4n) is 4.66. The molecule has 0 bridgehead atoms. The zero-order valence-electron chi connectivity index (χ0n) is 20.8. The number of rotatable bonds is 5. The number of carboxylic acid groups (broad SMARTS) is 1. The van der Waals surface area contributed by atoms with E-state index in [1.165, 1.54) is 5.56 Å². The largest absolute Gasteiger partial charge is 0.487 e. The summed E-state index contributed by atoms with van der Waals surface area (Å²) >= 11 is 7.94. The van der Waals surface area contributed by atoms with Crippen molar-refractivity contribution < 1.29 is 14.6 Å². The van der Waals surface area contributed by atoms with Gasteiger partial charge >= 0.3 is 5.97 Å². The number of benzene rings is 2. The highest BCUT2D eigenvalue weighted by Gasteiger charge is 2.26. The second-order valence-corrected chi connectivity index (χ2v) is 11.5. The van der Waals surface area contributed by atoms with E-state index >= 15 is 0 Å². The topological polar surface area (TPSA) is 75.5 Å². The number of pyridine rings is 1. The summed E-state index contributed by atoms with van der Waals surface area (Å²) in [6.07, 6.45) is 2.65. The van der Waals surface area contributed by atoms with Crippen molar-refractivity contribution in [3.8, 4) is 16.9 Å². The molecule has 186 valence electrons. The quantitative estimate of drug-likeness (QED) is 0.315. The fraction of sp³-hybridized carbons (Fsp3) is 0.321. The molecule has 1 aliphatic rings. The van der Waals surface area contributed by atoms with Crippen molar-refractivity contribution in [3.63, 3.8) is 0 Å². The van der Waals surface area contributed by atoms with Crippen LogP contribution in [0.15, 0.2) is 42.6 Å². The van der Waals surface area contributed by atoms with E-state index in [1.807, 2.05) is 58.2 Å². The van der Waals surface area contributed by atoms with Gasteiger partial charge in [-0.1, -0.05) is 29.0 Å². The zero-order chi connectivity index (χ0) is 25.6. The second-order valence-electron chi connectivity index (χ2n) is 10.1. The average molecular weight is 522 g/mol. The minimum atomic E-state index is -0.880. The van der Waals surface area contributed by atoms with Gasteiger partial charge in [-0.25, -0.2) is 4.98 Å². The second kappa shape index (κ2) is 9.37. The molecule has 0 saturated heterocycles. The highest BCUT2D eigenvalue weighted by molar-refractivity contribution is 7.22. The molecule has 2 aromatic heterocycles. The first-order valence-corrected chi connectivity index (χ1v) is 13.1. The van der Waals surface area contributed by atoms with E-state index in [0.717, 1.165) is 56.3 Å². The summed E-state index contributed by atoms with van der Waals surface area (Å²) in [5.74, 6) is -0.256. The molecule has 5 rings (SSSR count). The predicted molar refractivity (Wildman–Crippen MR) is 146 cm³/mol. The maximum absolute atomic E-state index is 11.9. The van der Waals surface area contributed by atoms with Crippen LogP contribution < -0.4 is 9.64 Å². The number of aryl methyl sites for hydroxylation is 1. The molecule has 8 heteroatoms. The minimum Gasteiger partial charge on any atom is -0.487 e. The van der Waals surface area contributed by atoms with Gasteiger partial charge < -0.3 is 14.7 Å². The smallest absolute Gasteiger partial charge is 0.307 e. The SMILES string of the molecule is Cc1cc2nc(N3CCc4cccnc4C3)sc2c(-c2ccc(Cl)cc2OC(C)(C)C)c1CC(=O)O. The molecule has 0 saturated carbocycles. The average Bonchev–Trinajstić information content (AvgIpc) is 3.22. The van der Waals surface area contributed by atoms with E-state index in [-0.39, 0.29) is 6.42 Å². The van der Waals surface area contributed by atoms with E-state index in [4.69, 9.17) is 21.3 Å². The molecule has 0 aliphatic carbocycles. The molecular formula is C28H28ClN3O3S. The van der Waals surface area contributed by atoms with E-state index in [0.29, 0.717) is 17.3 Å². The highest BCUT2D eigenvalue weighted by Crippen LogP contribution is 2.45. The van der Waals surface area contributed by atoms with Gasteiger partial charge in [0.05, 0.1) is 28.9 Å². The summed E-state index contributed by atoms with van der Waals surface area (Å²) in [6.45, 7) is 9.44. The number of hydrogen-bond donors (Lipinski definition) is 1. The monoisotopic (exact) mass is 521 g/mol. The minimum absolute atomic E-state index is 0.0943. The fourth-order valence-corrected chi connectivity index (χ4v) is 5.98. The Hall–Kier alpha value is -3.16. The van der Waals surface area contributed by atoms with Gasteiger partial charge in [0.2, 0.25) is 0 Å². The van der Waals surface area contributed by atoms with Gasteiger partial charge in [0.25, 0.3) is 0 Å². The van der Waals surface area contributed by atoms with Crippen molar-refractivity contribution in [2.24, 2.45) is 0 Å². The number of fused-ring (bicyclic) bond motifs is 2. The molecule has 0 spiro atoms. The lowest BCUT2D eigenvalue weighted by Gasteiger charge is -2.27. The molecule has 6 nitrogen and oxygen atoms in total. The summed E-state index contributed by atoms with van der Waals surface area (Å²) in [5, 5.41) is 11.2. The van der Waals surface area contributed by atoms with Crippen molar-refractivity contribution >= 4 is 44.3 Å². The van der Waals surface area contributed by atoms with Gasteiger partial charge in [-0.05, 0) is 81.1 Å². The van der Waals surface area contributed by atoms with Crippen molar-refractivity contribution in [1.82, 2.24) is 9.97 Å². The van der Waals surface area contributed by atoms with Crippen molar-refractivity contribution in [2.45, 2.75) is 52.7 Å². The molecule has 0 radical (unpaired) electrons. The van der Waals surface area contributed by atoms with Gasteiger partial charge in [-0.2, -0.15) is 0 Å². The Morgan fingerprint density at radius 2 is 2.06 bits per heavy atom. The first-order chi connectivity index (χ1) is 17.1. The number of nitrogens with zero attached hydrogens (tertiary/aromatic N) is 3. The Balaban J connectivity index is 1.70. The third-order valence-electron chi connectivity index (χ3n) is 6.20.